The summed E-state index contributed by atoms with van der Waals surface area (Å²) in [6.07, 6.45) is 5.80. The fourth-order valence-corrected chi connectivity index (χ4v) is 7.37. The van der Waals surface area contributed by atoms with Gasteiger partial charge in [-0.15, -0.1) is 0 Å². The van der Waals surface area contributed by atoms with E-state index < -0.39 is 16.1 Å². The molecule has 1 aliphatic rings. The third kappa shape index (κ3) is 4.30. The molecule has 21 heavy (non-hydrogen) atoms. The molecule has 0 bridgehead atoms. The average Bonchev–Trinajstić information content (AvgIpc) is 2.66. The molecule has 0 aliphatic heterocycles. The van der Waals surface area contributed by atoms with E-state index in [0.717, 1.165) is 30.2 Å². The number of fused-ring (bicyclic) bond motifs is 1. The van der Waals surface area contributed by atoms with Crippen molar-refractivity contribution in [2.75, 3.05) is 0 Å². The highest BCUT2D eigenvalue weighted by molar-refractivity contribution is 6.88. The number of rotatable bonds is 3. The minimum atomic E-state index is -1.33. The van der Waals surface area contributed by atoms with Gasteiger partial charge in [0.25, 0.3) is 0 Å². The molecule has 1 aromatic heterocycles. The maximum atomic E-state index is 5.75. The highest BCUT2D eigenvalue weighted by atomic mass is 28.3. The molecule has 0 unspecified atom stereocenters. The number of aromatic nitrogens is 1. The number of aryl methyl sites for hydroxylation is 2. The summed E-state index contributed by atoms with van der Waals surface area (Å²) >= 11 is 0. The first-order chi connectivity index (χ1) is 9.56. The van der Waals surface area contributed by atoms with Crippen molar-refractivity contribution in [3.63, 3.8) is 0 Å². The molecule has 1 aliphatic carbocycles. The number of oxazole rings is 1. The van der Waals surface area contributed by atoms with Crippen molar-refractivity contribution in [3.8, 4) is 0 Å². The maximum Gasteiger partial charge on any atom is 0.191 e. The molecule has 1 aromatic rings. The lowest BCUT2D eigenvalue weighted by atomic mass is 9.96. The van der Waals surface area contributed by atoms with E-state index in [1.54, 1.807) is 5.20 Å². The van der Waals surface area contributed by atoms with Crippen LogP contribution < -0.4 is 0 Å². The smallest absolute Gasteiger partial charge is 0.191 e. The van der Waals surface area contributed by atoms with Gasteiger partial charge >= 0.3 is 0 Å². The summed E-state index contributed by atoms with van der Waals surface area (Å²) in [7, 11) is -2.55. The molecule has 0 saturated heterocycles. The van der Waals surface area contributed by atoms with Gasteiger partial charge in [-0.2, -0.15) is 0 Å². The Morgan fingerprint density at radius 1 is 1.10 bits per heavy atom. The fourth-order valence-electron chi connectivity index (χ4n) is 2.72. The molecule has 4 heteroatoms. The van der Waals surface area contributed by atoms with Crippen molar-refractivity contribution in [2.45, 2.75) is 65.5 Å². The van der Waals surface area contributed by atoms with Gasteiger partial charge in [0.2, 0.25) is 0 Å². The molecule has 2 rings (SSSR count). The van der Waals surface area contributed by atoms with Crippen molar-refractivity contribution >= 4 is 21.7 Å². The summed E-state index contributed by atoms with van der Waals surface area (Å²) in [5.41, 5.74) is 5.10. The number of nitrogens with zero attached hydrogens (tertiary/aromatic N) is 1. The zero-order valence-corrected chi connectivity index (χ0v) is 16.6. The fraction of sp³-hybridized carbons (Fsp3) is 0.588. The van der Waals surface area contributed by atoms with E-state index in [9.17, 15) is 0 Å². The van der Waals surface area contributed by atoms with Crippen molar-refractivity contribution in [2.24, 2.45) is 0 Å². The molecule has 1 heterocycles. The SMILES string of the molecule is Cc1nc2c(o1)CCC/C2=C/C(=C/[Si](C)(C)C)[Si](C)(C)C. The zero-order chi connectivity index (χ0) is 15.8. The van der Waals surface area contributed by atoms with Gasteiger partial charge in [0.15, 0.2) is 5.89 Å². The first-order valence-corrected chi connectivity index (χ1v) is 15.0. The molecule has 0 spiro atoms. The summed E-state index contributed by atoms with van der Waals surface area (Å²) in [5, 5.41) is 1.59. The van der Waals surface area contributed by atoms with Crippen LogP contribution in [0.25, 0.3) is 5.57 Å². The Kier molecular flexibility index (Phi) is 4.50. The van der Waals surface area contributed by atoms with Gasteiger partial charge < -0.3 is 4.42 Å². The molecule has 0 N–H and O–H groups in total. The molecule has 116 valence electrons. The molecular formula is C17H29NOSi2. The van der Waals surface area contributed by atoms with Gasteiger partial charge in [-0.3, -0.25) is 0 Å². The van der Waals surface area contributed by atoms with E-state index in [0.29, 0.717) is 0 Å². The summed E-state index contributed by atoms with van der Waals surface area (Å²) < 4.78 is 5.75. The van der Waals surface area contributed by atoms with E-state index >= 15 is 0 Å². The van der Waals surface area contributed by atoms with Gasteiger partial charge in [0.05, 0.1) is 16.1 Å². The third-order valence-electron chi connectivity index (χ3n) is 3.74. The molecule has 0 aromatic carbocycles. The standard InChI is InChI=1S/C17H29NOSi2/c1-13-18-17-14(9-8-10-16(17)19-13)11-15(21(5,6)7)12-20(2,3)4/h11-12H,8-10H2,1-7H3/b14-11-,15-12-. The summed E-state index contributed by atoms with van der Waals surface area (Å²) in [5.74, 6) is 1.89. The van der Waals surface area contributed by atoms with Crippen LogP contribution in [0, 0.1) is 6.92 Å². The molecular weight excluding hydrogens is 290 g/mol. The first kappa shape index (κ1) is 16.5. The molecule has 0 amide bonds. The largest absolute Gasteiger partial charge is 0.445 e. The van der Waals surface area contributed by atoms with Crippen molar-refractivity contribution in [3.05, 3.63) is 34.3 Å². The van der Waals surface area contributed by atoms with Gasteiger partial charge in [0, 0.05) is 13.3 Å². The van der Waals surface area contributed by atoms with Crippen LogP contribution in [0.3, 0.4) is 0 Å². The summed E-state index contributed by atoms with van der Waals surface area (Å²) in [6.45, 7) is 16.5. The van der Waals surface area contributed by atoms with Crippen LogP contribution in [0.15, 0.2) is 21.4 Å². The van der Waals surface area contributed by atoms with Gasteiger partial charge in [-0.1, -0.05) is 56.3 Å². The second-order valence-corrected chi connectivity index (χ2v) is 18.3. The van der Waals surface area contributed by atoms with Crippen LogP contribution in [0.1, 0.15) is 30.2 Å². The lowest BCUT2D eigenvalue weighted by Crippen LogP contribution is -2.28. The zero-order valence-electron chi connectivity index (χ0n) is 14.6. The topological polar surface area (TPSA) is 26.0 Å². The first-order valence-electron chi connectivity index (χ1n) is 7.97. The second-order valence-electron chi connectivity index (χ2n) is 8.24. The van der Waals surface area contributed by atoms with E-state index in [2.05, 4.69) is 56.0 Å². The lowest BCUT2D eigenvalue weighted by Gasteiger charge is -2.24. The van der Waals surface area contributed by atoms with E-state index in [4.69, 9.17) is 4.42 Å². The second kappa shape index (κ2) is 5.73. The molecule has 0 fully saturated rings. The Balaban J connectivity index is 2.47. The van der Waals surface area contributed by atoms with Gasteiger partial charge in [0.1, 0.15) is 11.5 Å². The summed E-state index contributed by atoms with van der Waals surface area (Å²) in [6, 6.07) is 0. The van der Waals surface area contributed by atoms with Crippen LogP contribution in [0.2, 0.25) is 39.3 Å². The van der Waals surface area contributed by atoms with E-state index in [-0.39, 0.29) is 0 Å². The highest BCUT2D eigenvalue weighted by Crippen LogP contribution is 2.33. The number of hydrogen-bond donors (Lipinski definition) is 0. The minimum Gasteiger partial charge on any atom is -0.445 e. The Labute approximate surface area is 131 Å². The Hall–Kier alpha value is -0.876. The van der Waals surface area contributed by atoms with Gasteiger partial charge in [-0.25, -0.2) is 4.98 Å². The van der Waals surface area contributed by atoms with E-state index in [1.807, 2.05) is 6.92 Å². The Morgan fingerprint density at radius 3 is 2.33 bits per heavy atom. The molecule has 0 saturated carbocycles. The predicted molar refractivity (Wildman–Crippen MR) is 96.9 cm³/mol. The van der Waals surface area contributed by atoms with Crippen LogP contribution >= 0.6 is 0 Å². The maximum absolute atomic E-state index is 5.75. The van der Waals surface area contributed by atoms with Crippen molar-refractivity contribution in [1.29, 1.82) is 0 Å². The Morgan fingerprint density at radius 2 is 1.76 bits per heavy atom. The molecule has 0 atom stereocenters. The van der Waals surface area contributed by atoms with E-state index in [1.165, 1.54) is 12.0 Å². The highest BCUT2D eigenvalue weighted by Gasteiger charge is 2.25. The predicted octanol–water partition coefficient (Wildman–Crippen LogP) is 5.38. The van der Waals surface area contributed by atoms with Crippen LogP contribution in [-0.2, 0) is 6.42 Å². The van der Waals surface area contributed by atoms with Crippen molar-refractivity contribution < 1.29 is 4.42 Å². The monoisotopic (exact) mass is 319 g/mol. The minimum absolute atomic E-state index is 0.802. The number of allylic oxidation sites excluding steroid dienone is 3. The third-order valence-corrected chi connectivity index (χ3v) is 7.23. The normalized spacial score (nSPS) is 19.0. The van der Waals surface area contributed by atoms with Crippen molar-refractivity contribution in [1.82, 2.24) is 4.98 Å². The number of hydrogen-bond acceptors (Lipinski definition) is 2. The Bertz CT molecular complexity index is 583. The quantitative estimate of drug-likeness (QED) is 0.699. The van der Waals surface area contributed by atoms with Crippen LogP contribution in [-0.4, -0.2) is 21.1 Å². The average molecular weight is 320 g/mol. The summed E-state index contributed by atoms with van der Waals surface area (Å²) in [4.78, 5) is 4.63. The van der Waals surface area contributed by atoms with Crippen LogP contribution in [0.5, 0.6) is 0 Å². The molecule has 0 radical (unpaired) electrons. The lowest BCUT2D eigenvalue weighted by molar-refractivity contribution is 0.466. The molecule has 2 nitrogen and oxygen atoms in total. The van der Waals surface area contributed by atoms with Gasteiger partial charge in [-0.05, 0) is 18.4 Å². The van der Waals surface area contributed by atoms with Crippen LogP contribution in [0.4, 0.5) is 0 Å².